The van der Waals surface area contributed by atoms with Gasteiger partial charge < -0.3 is 4.74 Å². The van der Waals surface area contributed by atoms with Crippen LogP contribution in [0.3, 0.4) is 0 Å². The van der Waals surface area contributed by atoms with Crippen molar-refractivity contribution in [2.24, 2.45) is 0 Å². The fourth-order valence-electron chi connectivity index (χ4n) is 1.83. The van der Waals surface area contributed by atoms with Crippen LogP contribution in [0.5, 0.6) is 5.88 Å². The summed E-state index contributed by atoms with van der Waals surface area (Å²) in [6.07, 6.45) is 0. The van der Waals surface area contributed by atoms with Crippen molar-refractivity contribution in [2.75, 3.05) is 12.4 Å². The van der Waals surface area contributed by atoms with Gasteiger partial charge in [0.15, 0.2) is 5.13 Å². The molecular formula is C15H10N4O2S. The lowest BCUT2D eigenvalue weighted by molar-refractivity contribution is 0.102. The number of thiazole rings is 1. The number of hydrogen-bond donors (Lipinski definition) is 1. The number of anilines is 1. The molecule has 0 saturated heterocycles. The molecule has 1 N–H and O–H groups in total. The maximum absolute atomic E-state index is 12.1. The fraction of sp³-hybridized carbons (Fsp3) is 0.0667. The second-order valence-electron chi connectivity index (χ2n) is 4.34. The number of methoxy groups -OCH3 is 1. The van der Waals surface area contributed by atoms with E-state index in [0.29, 0.717) is 32.5 Å². The van der Waals surface area contributed by atoms with Gasteiger partial charge in [-0.05, 0) is 30.3 Å². The minimum atomic E-state index is -0.282. The highest BCUT2D eigenvalue weighted by Gasteiger charge is 2.11. The molecule has 6 nitrogen and oxygen atoms in total. The zero-order valence-corrected chi connectivity index (χ0v) is 12.3. The summed E-state index contributed by atoms with van der Waals surface area (Å²) in [5.74, 6) is 0.219. The van der Waals surface area contributed by atoms with Gasteiger partial charge in [0.05, 0.1) is 18.7 Å². The molecule has 1 aromatic carbocycles. The molecule has 0 saturated carbocycles. The van der Waals surface area contributed by atoms with Crippen LogP contribution in [0.15, 0.2) is 36.4 Å². The van der Waals surface area contributed by atoms with Crippen molar-refractivity contribution in [1.82, 2.24) is 9.97 Å². The standard InChI is InChI=1S/C15H10N4O2S/c1-21-12-7-6-11-14(18-12)22-15(17-11)19-13(20)10-4-2-9(8-16)3-5-10/h2-7H,1H3,(H,17,19,20). The summed E-state index contributed by atoms with van der Waals surface area (Å²) in [6.45, 7) is 0. The van der Waals surface area contributed by atoms with Gasteiger partial charge in [-0.25, -0.2) is 9.97 Å². The smallest absolute Gasteiger partial charge is 0.257 e. The normalized spacial score (nSPS) is 10.2. The van der Waals surface area contributed by atoms with Gasteiger partial charge in [-0.3, -0.25) is 10.1 Å². The number of carbonyl (C=O) groups excluding carboxylic acids is 1. The van der Waals surface area contributed by atoms with E-state index < -0.39 is 0 Å². The zero-order valence-electron chi connectivity index (χ0n) is 11.5. The van der Waals surface area contributed by atoms with Crippen LogP contribution in [0.25, 0.3) is 10.3 Å². The Labute approximate surface area is 130 Å². The first-order chi connectivity index (χ1) is 10.7. The Morgan fingerprint density at radius 1 is 1.23 bits per heavy atom. The molecule has 0 bridgehead atoms. The predicted octanol–water partition coefficient (Wildman–Crippen LogP) is 2.82. The van der Waals surface area contributed by atoms with Crippen LogP contribution < -0.4 is 10.1 Å². The Balaban J connectivity index is 1.82. The van der Waals surface area contributed by atoms with E-state index in [-0.39, 0.29) is 5.91 Å². The van der Waals surface area contributed by atoms with E-state index in [2.05, 4.69) is 15.3 Å². The van der Waals surface area contributed by atoms with Gasteiger partial charge in [-0.2, -0.15) is 5.26 Å². The number of rotatable bonds is 3. The lowest BCUT2D eigenvalue weighted by Gasteiger charge is -2.00. The number of nitrogens with zero attached hydrogens (tertiary/aromatic N) is 3. The van der Waals surface area contributed by atoms with Crippen LogP contribution in [0.4, 0.5) is 5.13 Å². The minimum absolute atomic E-state index is 0.282. The Kier molecular flexibility index (Phi) is 3.68. The summed E-state index contributed by atoms with van der Waals surface area (Å²) >= 11 is 1.27. The molecule has 108 valence electrons. The fourth-order valence-corrected chi connectivity index (χ4v) is 2.66. The molecule has 0 spiro atoms. The van der Waals surface area contributed by atoms with Crippen LogP contribution in [-0.2, 0) is 0 Å². The highest BCUT2D eigenvalue weighted by molar-refractivity contribution is 7.22. The molecular weight excluding hydrogens is 300 g/mol. The maximum Gasteiger partial charge on any atom is 0.257 e. The number of ether oxygens (including phenoxy) is 1. The number of fused-ring (bicyclic) bond motifs is 1. The molecule has 2 aromatic heterocycles. The number of amides is 1. The predicted molar refractivity (Wildman–Crippen MR) is 83.1 cm³/mol. The van der Waals surface area contributed by atoms with E-state index in [0.717, 1.165) is 0 Å². The molecule has 0 aliphatic carbocycles. The number of nitriles is 1. The highest BCUT2D eigenvalue weighted by atomic mass is 32.1. The Morgan fingerprint density at radius 2 is 2.00 bits per heavy atom. The monoisotopic (exact) mass is 310 g/mol. The first-order valence-corrected chi connectivity index (χ1v) is 7.14. The van der Waals surface area contributed by atoms with Crippen molar-refractivity contribution < 1.29 is 9.53 Å². The van der Waals surface area contributed by atoms with Gasteiger partial charge in [0.1, 0.15) is 10.3 Å². The molecule has 0 unspecified atom stereocenters. The molecule has 1 amide bonds. The van der Waals surface area contributed by atoms with Gasteiger partial charge in [-0.1, -0.05) is 11.3 Å². The van der Waals surface area contributed by atoms with Gasteiger partial charge >= 0.3 is 0 Å². The highest BCUT2D eigenvalue weighted by Crippen LogP contribution is 2.26. The summed E-state index contributed by atoms with van der Waals surface area (Å²) in [5, 5.41) is 11.9. The average molecular weight is 310 g/mol. The Bertz CT molecular complexity index is 881. The van der Waals surface area contributed by atoms with Crippen molar-refractivity contribution >= 4 is 32.7 Å². The number of pyridine rings is 1. The number of nitrogens with one attached hydrogen (secondary N) is 1. The molecule has 0 aliphatic heterocycles. The van der Waals surface area contributed by atoms with Crippen LogP contribution in [0, 0.1) is 11.3 Å². The van der Waals surface area contributed by atoms with Crippen LogP contribution in [-0.4, -0.2) is 23.0 Å². The molecule has 0 atom stereocenters. The zero-order chi connectivity index (χ0) is 15.5. The van der Waals surface area contributed by atoms with Crippen molar-refractivity contribution in [3.05, 3.63) is 47.5 Å². The number of carbonyl (C=O) groups is 1. The Hall–Kier alpha value is -2.98. The lowest BCUT2D eigenvalue weighted by atomic mass is 10.1. The van der Waals surface area contributed by atoms with Gasteiger partial charge in [0, 0.05) is 11.6 Å². The Morgan fingerprint density at radius 3 is 2.68 bits per heavy atom. The van der Waals surface area contributed by atoms with E-state index in [4.69, 9.17) is 10.00 Å². The second-order valence-corrected chi connectivity index (χ2v) is 5.32. The van der Waals surface area contributed by atoms with E-state index >= 15 is 0 Å². The van der Waals surface area contributed by atoms with Crippen LogP contribution in [0.1, 0.15) is 15.9 Å². The largest absolute Gasteiger partial charge is 0.481 e. The first kappa shape index (κ1) is 14.0. The third kappa shape index (κ3) is 2.73. The summed E-state index contributed by atoms with van der Waals surface area (Å²) in [5.41, 5.74) is 1.66. The van der Waals surface area contributed by atoms with Crippen molar-refractivity contribution in [2.45, 2.75) is 0 Å². The van der Waals surface area contributed by atoms with Crippen LogP contribution >= 0.6 is 11.3 Å². The van der Waals surface area contributed by atoms with Crippen molar-refractivity contribution in [3.63, 3.8) is 0 Å². The average Bonchev–Trinajstić information content (AvgIpc) is 2.95. The number of aromatic nitrogens is 2. The summed E-state index contributed by atoms with van der Waals surface area (Å²) in [7, 11) is 1.54. The number of benzene rings is 1. The lowest BCUT2D eigenvalue weighted by Crippen LogP contribution is -2.11. The van der Waals surface area contributed by atoms with E-state index in [1.54, 1.807) is 43.5 Å². The minimum Gasteiger partial charge on any atom is -0.481 e. The molecule has 7 heteroatoms. The molecule has 2 heterocycles. The van der Waals surface area contributed by atoms with Crippen molar-refractivity contribution in [3.8, 4) is 11.9 Å². The SMILES string of the molecule is COc1ccc2nc(NC(=O)c3ccc(C#N)cc3)sc2n1. The molecule has 0 aliphatic rings. The quantitative estimate of drug-likeness (QED) is 0.803. The van der Waals surface area contributed by atoms with Gasteiger partial charge in [0.25, 0.3) is 5.91 Å². The van der Waals surface area contributed by atoms with Gasteiger partial charge in [0.2, 0.25) is 5.88 Å². The van der Waals surface area contributed by atoms with E-state index in [9.17, 15) is 4.79 Å². The second kappa shape index (κ2) is 5.79. The third-order valence-electron chi connectivity index (χ3n) is 2.94. The number of hydrogen-bond acceptors (Lipinski definition) is 6. The summed E-state index contributed by atoms with van der Waals surface area (Å²) < 4.78 is 5.06. The first-order valence-electron chi connectivity index (χ1n) is 6.32. The molecule has 3 aromatic rings. The molecule has 0 fully saturated rings. The van der Waals surface area contributed by atoms with E-state index in [1.807, 2.05) is 6.07 Å². The van der Waals surface area contributed by atoms with Crippen LogP contribution in [0.2, 0.25) is 0 Å². The topological polar surface area (TPSA) is 87.9 Å². The molecule has 22 heavy (non-hydrogen) atoms. The molecule has 0 radical (unpaired) electrons. The summed E-state index contributed by atoms with van der Waals surface area (Å²) in [4.78, 5) is 21.4. The third-order valence-corrected chi connectivity index (χ3v) is 3.82. The summed E-state index contributed by atoms with van der Waals surface area (Å²) in [6, 6.07) is 11.9. The van der Waals surface area contributed by atoms with E-state index in [1.165, 1.54) is 11.3 Å². The van der Waals surface area contributed by atoms with Crippen molar-refractivity contribution in [1.29, 1.82) is 5.26 Å². The van der Waals surface area contributed by atoms with Gasteiger partial charge in [-0.15, -0.1) is 0 Å². The molecule has 3 rings (SSSR count). The maximum atomic E-state index is 12.1.